The Balaban J connectivity index is 1.93. The molecule has 39 heavy (non-hydrogen) atoms. The Morgan fingerprint density at radius 3 is 2.54 bits per heavy atom. The van der Waals surface area contributed by atoms with Crippen LogP contribution in [0.25, 0.3) is 6.08 Å². The number of hydrogen-bond acceptors (Lipinski definition) is 9. The summed E-state index contributed by atoms with van der Waals surface area (Å²) in [5, 5.41) is 0. The van der Waals surface area contributed by atoms with E-state index in [-0.39, 0.29) is 29.6 Å². The van der Waals surface area contributed by atoms with Gasteiger partial charge >= 0.3 is 11.9 Å². The maximum absolute atomic E-state index is 13.9. The fourth-order valence-electron chi connectivity index (χ4n) is 4.32. The Bertz CT molecular complexity index is 1630. The van der Waals surface area contributed by atoms with Crippen LogP contribution in [0, 0.1) is 0 Å². The van der Waals surface area contributed by atoms with Crippen molar-refractivity contribution in [3.05, 3.63) is 84.5 Å². The van der Waals surface area contributed by atoms with Gasteiger partial charge in [-0.15, -0.1) is 0 Å². The fraction of sp³-hybridized carbons (Fsp3) is 0.310. The number of carbonyl (C=O) groups excluding carboxylic acids is 2. The van der Waals surface area contributed by atoms with Gasteiger partial charge in [-0.05, 0) is 57.5 Å². The van der Waals surface area contributed by atoms with Crippen LogP contribution < -0.4 is 29.1 Å². The van der Waals surface area contributed by atoms with E-state index in [0.29, 0.717) is 37.7 Å². The molecule has 4 rings (SSSR count). The highest BCUT2D eigenvalue weighted by atomic mass is 32.1. The van der Waals surface area contributed by atoms with Crippen molar-refractivity contribution in [2.45, 2.75) is 46.8 Å². The zero-order chi connectivity index (χ0) is 28.3. The number of thiazole rings is 1. The van der Waals surface area contributed by atoms with Gasteiger partial charge in [-0.25, -0.2) is 9.79 Å². The number of esters is 2. The van der Waals surface area contributed by atoms with Crippen LogP contribution in [-0.4, -0.2) is 36.3 Å². The van der Waals surface area contributed by atoms with Crippen molar-refractivity contribution < 1.29 is 28.5 Å². The smallest absolute Gasteiger partial charge is 0.338 e. The van der Waals surface area contributed by atoms with Crippen LogP contribution >= 0.6 is 11.3 Å². The van der Waals surface area contributed by atoms with Gasteiger partial charge in [0.15, 0.2) is 16.3 Å². The third kappa shape index (κ3) is 5.80. The van der Waals surface area contributed by atoms with Gasteiger partial charge in [0, 0.05) is 12.5 Å². The topological polar surface area (TPSA) is 105 Å². The van der Waals surface area contributed by atoms with E-state index in [1.165, 1.54) is 29.9 Å². The molecule has 10 heteroatoms. The fourth-order valence-corrected chi connectivity index (χ4v) is 5.36. The van der Waals surface area contributed by atoms with Crippen LogP contribution in [-0.2, 0) is 14.3 Å². The number of carbonyl (C=O) groups is 2. The van der Waals surface area contributed by atoms with Crippen LogP contribution in [0.5, 0.6) is 17.2 Å². The summed E-state index contributed by atoms with van der Waals surface area (Å²) in [6.45, 7) is 8.78. The highest BCUT2D eigenvalue weighted by molar-refractivity contribution is 7.07. The van der Waals surface area contributed by atoms with Crippen LogP contribution in [0.15, 0.2) is 63.5 Å². The van der Waals surface area contributed by atoms with Gasteiger partial charge in [0.2, 0.25) is 0 Å². The highest BCUT2D eigenvalue weighted by Crippen LogP contribution is 2.36. The SMILES string of the molecule is CCOC(=O)C1=C(C)N=c2s/c(=C/c3ccc(OC(C)=O)c(OC)c3)c(=O)n2[C@H]1c1ccccc1OC(C)C. The molecule has 0 N–H and O–H groups in total. The molecule has 0 unspecified atom stereocenters. The molecule has 9 nitrogen and oxygen atoms in total. The number of nitrogens with zero attached hydrogens (tertiary/aromatic N) is 2. The second-order valence-corrected chi connectivity index (χ2v) is 10.0. The normalized spacial score (nSPS) is 15.1. The maximum atomic E-state index is 13.9. The summed E-state index contributed by atoms with van der Waals surface area (Å²) in [7, 11) is 1.47. The summed E-state index contributed by atoms with van der Waals surface area (Å²) in [6.07, 6.45) is 1.59. The van der Waals surface area contributed by atoms with E-state index in [1.54, 1.807) is 38.1 Å². The minimum absolute atomic E-state index is 0.122. The first kappa shape index (κ1) is 27.8. The first-order chi connectivity index (χ1) is 18.6. The minimum atomic E-state index is -0.793. The lowest BCUT2D eigenvalue weighted by molar-refractivity contribution is -0.139. The molecule has 1 aromatic heterocycles. The van der Waals surface area contributed by atoms with Crippen molar-refractivity contribution in [3.63, 3.8) is 0 Å². The van der Waals surface area contributed by atoms with Crippen LogP contribution in [0.4, 0.5) is 0 Å². The van der Waals surface area contributed by atoms with Crippen molar-refractivity contribution in [3.8, 4) is 17.2 Å². The lowest BCUT2D eigenvalue weighted by atomic mass is 9.95. The quantitative estimate of drug-likeness (QED) is 0.312. The molecule has 2 aromatic carbocycles. The Hall–Kier alpha value is -4.18. The van der Waals surface area contributed by atoms with Crippen LogP contribution in [0.1, 0.15) is 51.8 Å². The molecule has 3 aromatic rings. The first-order valence-corrected chi connectivity index (χ1v) is 13.3. The monoisotopic (exact) mass is 550 g/mol. The van der Waals surface area contributed by atoms with Crippen LogP contribution in [0.2, 0.25) is 0 Å². The Morgan fingerprint density at radius 2 is 1.87 bits per heavy atom. The second kappa shape index (κ2) is 11.7. The van der Waals surface area contributed by atoms with Crippen molar-refractivity contribution in [2.24, 2.45) is 4.99 Å². The molecule has 0 bridgehead atoms. The number of aromatic nitrogens is 1. The number of rotatable bonds is 8. The summed E-state index contributed by atoms with van der Waals surface area (Å²) in [6, 6.07) is 11.6. The number of methoxy groups -OCH3 is 1. The molecule has 2 heterocycles. The third-order valence-corrected chi connectivity index (χ3v) is 6.82. The number of allylic oxidation sites excluding steroid dienone is 1. The molecule has 1 aliphatic heterocycles. The minimum Gasteiger partial charge on any atom is -0.493 e. The predicted molar refractivity (Wildman–Crippen MR) is 147 cm³/mol. The first-order valence-electron chi connectivity index (χ1n) is 12.5. The van der Waals surface area contributed by atoms with E-state index < -0.39 is 18.0 Å². The summed E-state index contributed by atoms with van der Waals surface area (Å²) >= 11 is 1.21. The van der Waals surface area contributed by atoms with E-state index in [2.05, 4.69) is 4.99 Å². The predicted octanol–water partition coefficient (Wildman–Crippen LogP) is 3.52. The van der Waals surface area contributed by atoms with Crippen LogP contribution in [0.3, 0.4) is 0 Å². The zero-order valence-corrected chi connectivity index (χ0v) is 23.5. The van der Waals surface area contributed by atoms with E-state index in [4.69, 9.17) is 18.9 Å². The summed E-state index contributed by atoms with van der Waals surface area (Å²) in [5.41, 5.74) is 1.75. The van der Waals surface area contributed by atoms with E-state index in [9.17, 15) is 14.4 Å². The highest BCUT2D eigenvalue weighted by Gasteiger charge is 2.35. The van der Waals surface area contributed by atoms with Gasteiger partial charge in [0.05, 0.1) is 35.6 Å². The van der Waals surface area contributed by atoms with Crippen molar-refractivity contribution >= 4 is 29.4 Å². The van der Waals surface area contributed by atoms with Gasteiger partial charge in [0.1, 0.15) is 11.8 Å². The molecule has 0 saturated carbocycles. The molecular formula is C29H30N2O7S. The van der Waals surface area contributed by atoms with E-state index in [1.807, 2.05) is 38.1 Å². The maximum Gasteiger partial charge on any atom is 0.338 e. The van der Waals surface area contributed by atoms with Gasteiger partial charge < -0.3 is 18.9 Å². The van der Waals surface area contributed by atoms with Crippen molar-refractivity contribution in [1.29, 1.82) is 0 Å². The summed E-state index contributed by atoms with van der Waals surface area (Å²) in [5.74, 6) is 0.186. The lowest BCUT2D eigenvalue weighted by Crippen LogP contribution is -2.40. The molecule has 0 radical (unpaired) electrons. The second-order valence-electron chi connectivity index (χ2n) is 9.01. The average Bonchev–Trinajstić information content (AvgIpc) is 3.18. The molecule has 0 amide bonds. The van der Waals surface area contributed by atoms with Gasteiger partial charge in [0.25, 0.3) is 5.56 Å². The number of para-hydroxylation sites is 1. The lowest BCUT2D eigenvalue weighted by Gasteiger charge is -2.26. The Labute approximate surface area is 229 Å². The molecule has 0 saturated heterocycles. The number of fused-ring (bicyclic) bond motifs is 1. The Morgan fingerprint density at radius 1 is 1.13 bits per heavy atom. The van der Waals surface area contributed by atoms with Gasteiger partial charge in [-0.1, -0.05) is 35.6 Å². The van der Waals surface area contributed by atoms with Crippen molar-refractivity contribution in [2.75, 3.05) is 13.7 Å². The summed E-state index contributed by atoms with van der Waals surface area (Å²) in [4.78, 5) is 43.5. The standard InChI is InChI=1S/C29H30N2O7S/c1-7-36-28(34)25-17(4)30-29-31(26(25)20-10-8-9-11-21(20)37-16(2)3)27(33)24(39-29)15-19-12-13-22(38-18(5)32)23(14-19)35-6/h8-16,26H,7H2,1-6H3/b24-15+/t26-/m0/s1. The van der Waals surface area contributed by atoms with E-state index in [0.717, 1.165) is 0 Å². The third-order valence-electron chi connectivity index (χ3n) is 5.83. The molecule has 1 atom stereocenters. The molecule has 0 spiro atoms. The molecule has 0 fully saturated rings. The van der Waals surface area contributed by atoms with E-state index >= 15 is 0 Å². The number of hydrogen-bond donors (Lipinski definition) is 0. The molecule has 1 aliphatic rings. The molecular weight excluding hydrogens is 520 g/mol. The molecule has 0 aliphatic carbocycles. The zero-order valence-electron chi connectivity index (χ0n) is 22.6. The average molecular weight is 551 g/mol. The molecule has 204 valence electrons. The number of benzene rings is 2. The summed E-state index contributed by atoms with van der Waals surface area (Å²) < 4.78 is 23.9. The largest absolute Gasteiger partial charge is 0.493 e. The van der Waals surface area contributed by atoms with Crippen molar-refractivity contribution in [1.82, 2.24) is 4.57 Å². The number of ether oxygens (including phenoxy) is 4. The van der Waals surface area contributed by atoms with Gasteiger partial charge in [-0.3, -0.25) is 14.2 Å². The Kier molecular flexibility index (Phi) is 8.35. The van der Waals surface area contributed by atoms with Gasteiger partial charge in [-0.2, -0.15) is 0 Å².